The first-order valence-corrected chi connectivity index (χ1v) is 10.4. The van der Waals surface area contributed by atoms with Crippen molar-refractivity contribution < 1.29 is 14.1 Å². The Morgan fingerprint density at radius 1 is 1.07 bits per heavy atom. The third-order valence-electron chi connectivity index (χ3n) is 5.85. The number of aryl methyl sites for hydroxylation is 1. The molecule has 0 saturated carbocycles. The van der Waals surface area contributed by atoms with Gasteiger partial charge in [-0.05, 0) is 19.8 Å². The number of amides is 2. The van der Waals surface area contributed by atoms with Crippen molar-refractivity contribution >= 4 is 11.8 Å². The van der Waals surface area contributed by atoms with Crippen LogP contribution in [0, 0.1) is 12.8 Å². The van der Waals surface area contributed by atoms with Gasteiger partial charge in [0.25, 0.3) is 5.91 Å². The second kappa shape index (κ2) is 7.96. The maximum atomic E-state index is 12.6. The van der Waals surface area contributed by atoms with Crippen LogP contribution in [0.2, 0.25) is 0 Å². The molecule has 0 aromatic carbocycles. The molecule has 29 heavy (non-hydrogen) atoms. The molecule has 0 radical (unpaired) electrons. The molecule has 0 N–H and O–H groups in total. The second-order valence-corrected chi connectivity index (χ2v) is 8.25. The predicted octanol–water partition coefficient (Wildman–Crippen LogP) is 1.64. The molecule has 2 aromatic heterocycles. The molecule has 0 unspecified atom stereocenters. The molecular weight excluding hydrogens is 372 g/mol. The maximum Gasteiger partial charge on any atom is 0.276 e. The molecule has 2 amide bonds. The number of piperidine rings is 1. The summed E-state index contributed by atoms with van der Waals surface area (Å²) in [6, 6.07) is 1.68. The van der Waals surface area contributed by atoms with Gasteiger partial charge in [0.15, 0.2) is 5.69 Å². The zero-order valence-corrected chi connectivity index (χ0v) is 17.3. The lowest BCUT2D eigenvalue weighted by Crippen LogP contribution is -2.39. The summed E-state index contributed by atoms with van der Waals surface area (Å²) in [6.45, 7) is 9.10. The van der Waals surface area contributed by atoms with Gasteiger partial charge in [-0.15, -0.1) is 10.2 Å². The van der Waals surface area contributed by atoms with Crippen molar-refractivity contribution in [3.63, 3.8) is 0 Å². The van der Waals surface area contributed by atoms with E-state index in [1.807, 2.05) is 23.6 Å². The smallest absolute Gasteiger partial charge is 0.276 e. The van der Waals surface area contributed by atoms with E-state index in [9.17, 15) is 9.59 Å². The van der Waals surface area contributed by atoms with Gasteiger partial charge in [-0.2, -0.15) is 0 Å². The van der Waals surface area contributed by atoms with E-state index in [4.69, 9.17) is 4.52 Å². The first-order valence-electron chi connectivity index (χ1n) is 10.4. The molecule has 2 aromatic rings. The fourth-order valence-electron chi connectivity index (χ4n) is 4.20. The van der Waals surface area contributed by atoms with Crippen LogP contribution in [-0.2, 0) is 17.8 Å². The SMILES string of the molecule is Cc1cc(C(=O)N2CCC(c3nnc4n3CCN(C(=O)C(C)C)CC4)CC2)no1. The molecule has 0 aliphatic carbocycles. The monoisotopic (exact) mass is 400 g/mol. The largest absolute Gasteiger partial charge is 0.361 e. The molecular formula is C20H28N6O3. The van der Waals surface area contributed by atoms with Gasteiger partial charge >= 0.3 is 0 Å². The highest BCUT2D eigenvalue weighted by Gasteiger charge is 2.31. The Hall–Kier alpha value is -2.71. The van der Waals surface area contributed by atoms with E-state index in [0.29, 0.717) is 37.6 Å². The molecule has 4 rings (SSSR count). The molecule has 0 spiro atoms. The highest BCUT2D eigenvalue weighted by Crippen LogP contribution is 2.29. The summed E-state index contributed by atoms with van der Waals surface area (Å²) >= 11 is 0. The van der Waals surface area contributed by atoms with Crippen LogP contribution >= 0.6 is 0 Å². The number of hydrogen-bond donors (Lipinski definition) is 0. The Bertz CT molecular complexity index is 894. The van der Waals surface area contributed by atoms with Crippen molar-refractivity contribution in [3.05, 3.63) is 29.2 Å². The molecule has 1 fully saturated rings. The Labute approximate surface area is 170 Å². The number of likely N-dealkylation sites (tertiary alicyclic amines) is 1. The summed E-state index contributed by atoms with van der Waals surface area (Å²) in [5.74, 6) is 2.97. The zero-order valence-electron chi connectivity index (χ0n) is 17.3. The highest BCUT2D eigenvalue weighted by molar-refractivity contribution is 5.92. The lowest BCUT2D eigenvalue weighted by Gasteiger charge is -2.31. The number of hydrogen-bond acceptors (Lipinski definition) is 6. The van der Waals surface area contributed by atoms with E-state index in [-0.39, 0.29) is 23.7 Å². The zero-order chi connectivity index (χ0) is 20.5. The van der Waals surface area contributed by atoms with Gasteiger partial charge in [0.05, 0.1) is 0 Å². The minimum Gasteiger partial charge on any atom is -0.361 e. The fraction of sp³-hybridized carbons (Fsp3) is 0.650. The average molecular weight is 400 g/mol. The third-order valence-corrected chi connectivity index (χ3v) is 5.85. The van der Waals surface area contributed by atoms with Crippen LogP contribution in [0.3, 0.4) is 0 Å². The summed E-state index contributed by atoms with van der Waals surface area (Å²) in [6.07, 6.45) is 2.42. The van der Waals surface area contributed by atoms with E-state index >= 15 is 0 Å². The van der Waals surface area contributed by atoms with Crippen molar-refractivity contribution in [2.45, 2.75) is 52.5 Å². The average Bonchev–Trinajstić information content (AvgIpc) is 3.27. The summed E-state index contributed by atoms with van der Waals surface area (Å²) < 4.78 is 7.21. The van der Waals surface area contributed by atoms with Gasteiger partial charge in [-0.3, -0.25) is 9.59 Å². The number of aromatic nitrogens is 4. The van der Waals surface area contributed by atoms with Gasteiger partial charge < -0.3 is 18.9 Å². The molecule has 0 atom stereocenters. The van der Waals surface area contributed by atoms with Crippen LogP contribution in [0.5, 0.6) is 0 Å². The van der Waals surface area contributed by atoms with E-state index in [0.717, 1.165) is 37.5 Å². The Balaban J connectivity index is 1.40. The summed E-state index contributed by atoms with van der Waals surface area (Å²) in [5, 5.41) is 12.7. The van der Waals surface area contributed by atoms with Crippen molar-refractivity contribution in [3.8, 4) is 0 Å². The number of fused-ring (bicyclic) bond motifs is 1. The van der Waals surface area contributed by atoms with Gasteiger partial charge in [0.2, 0.25) is 5.91 Å². The van der Waals surface area contributed by atoms with Crippen LogP contribution in [0.25, 0.3) is 0 Å². The molecule has 156 valence electrons. The molecule has 2 aliphatic rings. The van der Waals surface area contributed by atoms with Crippen LogP contribution in [0.1, 0.15) is 60.5 Å². The van der Waals surface area contributed by atoms with Crippen LogP contribution < -0.4 is 0 Å². The molecule has 9 nitrogen and oxygen atoms in total. The Kier molecular flexibility index (Phi) is 5.38. The Morgan fingerprint density at radius 3 is 2.48 bits per heavy atom. The van der Waals surface area contributed by atoms with Gasteiger partial charge in [-0.25, -0.2) is 0 Å². The van der Waals surface area contributed by atoms with Crippen molar-refractivity contribution in [2.24, 2.45) is 5.92 Å². The molecule has 0 bridgehead atoms. The number of rotatable bonds is 3. The minimum absolute atomic E-state index is 0.00776. The number of carbonyl (C=O) groups is 2. The topological polar surface area (TPSA) is 97.4 Å². The lowest BCUT2D eigenvalue weighted by atomic mass is 9.95. The predicted molar refractivity (Wildman–Crippen MR) is 104 cm³/mol. The quantitative estimate of drug-likeness (QED) is 0.777. The standard InChI is InChI=1S/C20H28N6O3/c1-13(2)19(27)25-9-6-17-21-22-18(26(17)11-10-25)15-4-7-24(8-5-15)20(28)16-12-14(3)29-23-16/h12-13,15H,4-11H2,1-3H3. The highest BCUT2D eigenvalue weighted by atomic mass is 16.5. The Morgan fingerprint density at radius 2 is 1.83 bits per heavy atom. The van der Waals surface area contributed by atoms with Crippen LogP contribution in [0.4, 0.5) is 0 Å². The van der Waals surface area contributed by atoms with E-state index in [2.05, 4.69) is 19.9 Å². The summed E-state index contributed by atoms with van der Waals surface area (Å²) in [5.41, 5.74) is 0.368. The lowest BCUT2D eigenvalue weighted by molar-refractivity contribution is -0.134. The molecule has 4 heterocycles. The van der Waals surface area contributed by atoms with E-state index in [1.54, 1.807) is 13.0 Å². The van der Waals surface area contributed by atoms with Crippen LogP contribution in [0.15, 0.2) is 10.6 Å². The van der Waals surface area contributed by atoms with Gasteiger partial charge in [-0.1, -0.05) is 19.0 Å². The van der Waals surface area contributed by atoms with Crippen molar-refractivity contribution in [1.29, 1.82) is 0 Å². The fourth-order valence-corrected chi connectivity index (χ4v) is 4.20. The second-order valence-electron chi connectivity index (χ2n) is 8.25. The van der Waals surface area contributed by atoms with Gasteiger partial charge in [0.1, 0.15) is 17.4 Å². The first kappa shape index (κ1) is 19.6. The van der Waals surface area contributed by atoms with Gasteiger partial charge in [0, 0.05) is 57.0 Å². The van der Waals surface area contributed by atoms with Crippen molar-refractivity contribution in [1.82, 2.24) is 29.7 Å². The van der Waals surface area contributed by atoms with Crippen molar-refractivity contribution in [2.75, 3.05) is 26.2 Å². The molecule has 1 saturated heterocycles. The normalized spacial score (nSPS) is 18.1. The molecule has 9 heteroatoms. The number of carbonyl (C=O) groups excluding carboxylic acids is 2. The maximum absolute atomic E-state index is 12.6. The van der Waals surface area contributed by atoms with Crippen LogP contribution in [-0.4, -0.2) is 67.7 Å². The van der Waals surface area contributed by atoms with E-state index < -0.39 is 0 Å². The first-order chi connectivity index (χ1) is 13.9. The van der Waals surface area contributed by atoms with E-state index in [1.165, 1.54) is 0 Å². The summed E-state index contributed by atoms with van der Waals surface area (Å²) in [4.78, 5) is 28.7. The molecule has 2 aliphatic heterocycles. The number of nitrogens with zero attached hydrogens (tertiary/aromatic N) is 6. The minimum atomic E-state index is -0.0804. The third kappa shape index (κ3) is 3.90. The summed E-state index contributed by atoms with van der Waals surface area (Å²) in [7, 11) is 0.